The number of carbonyl (C=O) groups excluding carboxylic acids is 1. The first-order valence-corrected chi connectivity index (χ1v) is 7.34. The van der Waals surface area contributed by atoms with Crippen LogP contribution in [0, 0.1) is 5.92 Å². The molecule has 1 aliphatic rings. The van der Waals surface area contributed by atoms with Crippen molar-refractivity contribution in [3.8, 4) is 5.69 Å². The lowest BCUT2D eigenvalue weighted by Crippen LogP contribution is -2.50. The summed E-state index contributed by atoms with van der Waals surface area (Å²) in [6.45, 7) is 4.07. The summed E-state index contributed by atoms with van der Waals surface area (Å²) in [4.78, 5) is 16.3. The molecule has 0 aliphatic carbocycles. The highest BCUT2D eigenvalue weighted by Gasteiger charge is 2.22. The monoisotopic (exact) mass is 356 g/mol. The van der Waals surface area contributed by atoms with Crippen LogP contribution in [0.1, 0.15) is 23.7 Å². The first kappa shape index (κ1) is 19.5. The van der Waals surface area contributed by atoms with Crippen molar-refractivity contribution in [2.45, 2.75) is 19.4 Å². The Balaban J connectivity index is 0.00000132. The molecule has 7 heteroatoms. The van der Waals surface area contributed by atoms with Crippen LogP contribution >= 0.6 is 24.8 Å². The van der Waals surface area contributed by atoms with Crippen LogP contribution in [-0.2, 0) is 0 Å². The highest BCUT2D eigenvalue weighted by atomic mass is 35.5. The summed E-state index contributed by atoms with van der Waals surface area (Å²) < 4.78 is 1.91. The number of rotatable bonds is 3. The Morgan fingerprint density at radius 3 is 2.65 bits per heavy atom. The molecule has 2 unspecified atom stereocenters. The summed E-state index contributed by atoms with van der Waals surface area (Å²) in [6.07, 6.45) is 6.46. The van der Waals surface area contributed by atoms with Gasteiger partial charge in [0.15, 0.2) is 0 Å². The molecule has 126 valence electrons. The Labute approximate surface area is 148 Å². The summed E-state index contributed by atoms with van der Waals surface area (Å²) in [7, 11) is 0. The van der Waals surface area contributed by atoms with Crippen molar-refractivity contribution in [2.24, 2.45) is 5.92 Å². The van der Waals surface area contributed by atoms with E-state index in [1.165, 1.54) is 0 Å². The third-order valence-corrected chi connectivity index (χ3v) is 4.08. The zero-order chi connectivity index (χ0) is 14.7. The van der Waals surface area contributed by atoms with Gasteiger partial charge in [-0.25, -0.2) is 4.98 Å². The van der Waals surface area contributed by atoms with Gasteiger partial charge in [0.25, 0.3) is 5.91 Å². The second kappa shape index (κ2) is 8.91. The Morgan fingerprint density at radius 1 is 1.30 bits per heavy atom. The minimum Gasteiger partial charge on any atom is -0.348 e. The second-order valence-corrected chi connectivity index (χ2v) is 5.57. The number of benzene rings is 1. The van der Waals surface area contributed by atoms with E-state index in [1.54, 1.807) is 12.5 Å². The molecule has 1 aromatic heterocycles. The average Bonchev–Trinajstić information content (AvgIpc) is 3.04. The van der Waals surface area contributed by atoms with Crippen molar-refractivity contribution in [1.29, 1.82) is 0 Å². The number of hydrogen-bond donors (Lipinski definition) is 2. The molecule has 23 heavy (non-hydrogen) atoms. The molecule has 0 radical (unpaired) electrons. The van der Waals surface area contributed by atoms with E-state index in [0.717, 1.165) is 25.2 Å². The number of amides is 1. The molecule has 2 atom stereocenters. The summed E-state index contributed by atoms with van der Waals surface area (Å²) in [5, 5.41) is 6.44. The molecule has 1 aliphatic heterocycles. The standard InChI is InChI=1S/C16H20N4O.2ClH/c1-12-6-7-17-10-15(12)19-16(21)13-2-4-14(5-3-13)20-9-8-18-11-20;;/h2-5,8-9,11-12,15,17H,6-7,10H2,1H3,(H,19,21);2*1H. The van der Waals surface area contributed by atoms with Crippen molar-refractivity contribution in [2.75, 3.05) is 13.1 Å². The van der Waals surface area contributed by atoms with E-state index in [2.05, 4.69) is 22.5 Å². The highest BCUT2D eigenvalue weighted by Crippen LogP contribution is 2.13. The zero-order valence-electron chi connectivity index (χ0n) is 12.9. The third kappa shape index (κ3) is 4.70. The lowest BCUT2D eigenvalue weighted by Gasteiger charge is -2.30. The number of nitrogens with zero attached hydrogens (tertiary/aromatic N) is 2. The molecule has 5 nitrogen and oxygen atoms in total. The molecule has 0 saturated carbocycles. The summed E-state index contributed by atoms with van der Waals surface area (Å²) in [6, 6.07) is 7.77. The number of piperidine rings is 1. The highest BCUT2D eigenvalue weighted by molar-refractivity contribution is 5.94. The van der Waals surface area contributed by atoms with Crippen molar-refractivity contribution >= 4 is 30.7 Å². The number of nitrogens with one attached hydrogen (secondary N) is 2. The molecule has 1 fully saturated rings. The van der Waals surface area contributed by atoms with E-state index < -0.39 is 0 Å². The van der Waals surface area contributed by atoms with Gasteiger partial charge in [-0.15, -0.1) is 24.8 Å². The smallest absolute Gasteiger partial charge is 0.251 e. The van der Waals surface area contributed by atoms with Crippen LogP contribution in [0.4, 0.5) is 0 Å². The second-order valence-electron chi connectivity index (χ2n) is 5.57. The maximum Gasteiger partial charge on any atom is 0.251 e. The molecule has 1 amide bonds. The first-order chi connectivity index (χ1) is 10.2. The van der Waals surface area contributed by atoms with Crippen molar-refractivity contribution in [1.82, 2.24) is 20.2 Å². The lowest BCUT2D eigenvalue weighted by molar-refractivity contribution is 0.0915. The Hall–Kier alpha value is -1.56. The van der Waals surface area contributed by atoms with Gasteiger partial charge in [0.05, 0.1) is 6.33 Å². The summed E-state index contributed by atoms with van der Waals surface area (Å²) in [5.41, 5.74) is 1.69. The van der Waals surface area contributed by atoms with E-state index in [1.807, 2.05) is 35.0 Å². The molecule has 1 aromatic carbocycles. The van der Waals surface area contributed by atoms with Crippen molar-refractivity contribution < 1.29 is 4.79 Å². The largest absolute Gasteiger partial charge is 0.348 e. The average molecular weight is 357 g/mol. The fourth-order valence-electron chi connectivity index (χ4n) is 2.63. The molecule has 3 rings (SSSR count). The van der Waals surface area contributed by atoms with Gasteiger partial charge in [-0.1, -0.05) is 6.92 Å². The van der Waals surface area contributed by atoms with Gasteiger partial charge in [-0.3, -0.25) is 4.79 Å². The maximum absolute atomic E-state index is 12.3. The van der Waals surface area contributed by atoms with E-state index in [0.29, 0.717) is 11.5 Å². The van der Waals surface area contributed by atoms with Gasteiger partial charge in [0.2, 0.25) is 0 Å². The van der Waals surface area contributed by atoms with Crippen LogP contribution in [0.15, 0.2) is 43.0 Å². The van der Waals surface area contributed by atoms with E-state index in [9.17, 15) is 4.79 Å². The van der Waals surface area contributed by atoms with Crippen LogP contribution in [0.3, 0.4) is 0 Å². The van der Waals surface area contributed by atoms with Gasteiger partial charge in [0, 0.05) is 36.2 Å². The molecule has 0 bridgehead atoms. The Bertz CT molecular complexity index is 601. The lowest BCUT2D eigenvalue weighted by atomic mass is 9.94. The minimum absolute atomic E-state index is 0. The number of imidazole rings is 1. The quantitative estimate of drug-likeness (QED) is 0.887. The molecule has 2 N–H and O–H groups in total. The SMILES string of the molecule is CC1CCNCC1NC(=O)c1ccc(-n2ccnc2)cc1.Cl.Cl. The number of aromatic nitrogens is 2. The van der Waals surface area contributed by atoms with Crippen LogP contribution in [0.2, 0.25) is 0 Å². The van der Waals surface area contributed by atoms with Gasteiger partial charge < -0.3 is 15.2 Å². The molecule has 0 spiro atoms. The van der Waals surface area contributed by atoms with Crippen molar-refractivity contribution in [3.63, 3.8) is 0 Å². The molecule has 2 aromatic rings. The van der Waals surface area contributed by atoms with E-state index in [-0.39, 0.29) is 36.8 Å². The third-order valence-electron chi connectivity index (χ3n) is 4.08. The molecular formula is C16H22Cl2N4O. The Kier molecular flexibility index (Phi) is 7.55. The number of halogens is 2. The van der Waals surface area contributed by atoms with Crippen LogP contribution in [-0.4, -0.2) is 34.6 Å². The summed E-state index contributed by atoms with van der Waals surface area (Å²) >= 11 is 0. The van der Waals surface area contributed by atoms with Crippen molar-refractivity contribution in [3.05, 3.63) is 48.5 Å². The van der Waals surface area contributed by atoms with Gasteiger partial charge in [-0.2, -0.15) is 0 Å². The van der Waals surface area contributed by atoms with Gasteiger partial charge >= 0.3 is 0 Å². The predicted molar refractivity (Wildman–Crippen MR) is 96.0 cm³/mol. The molecule has 1 saturated heterocycles. The van der Waals surface area contributed by atoms with Crippen LogP contribution in [0.25, 0.3) is 5.69 Å². The first-order valence-electron chi connectivity index (χ1n) is 7.34. The number of carbonyl (C=O) groups is 1. The summed E-state index contributed by atoms with van der Waals surface area (Å²) in [5.74, 6) is 0.508. The van der Waals surface area contributed by atoms with E-state index >= 15 is 0 Å². The van der Waals surface area contributed by atoms with E-state index in [4.69, 9.17) is 0 Å². The fraction of sp³-hybridized carbons (Fsp3) is 0.375. The van der Waals surface area contributed by atoms with Crippen LogP contribution in [0.5, 0.6) is 0 Å². The Morgan fingerprint density at radius 2 is 2.04 bits per heavy atom. The number of hydrogen-bond acceptors (Lipinski definition) is 3. The zero-order valence-corrected chi connectivity index (χ0v) is 14.6. The predicted octanol–water partition coefficient (Wildman–Crippen LogP) is 2.44. The molecule has 2 heterocycles. The fourth-order valence-corrected chi connectivity index (χ4v) is 2.63. The normalized spacial score (nSPS) is 20.0. The van der Waals surface area contributed by atoms with Crippen LogP contribution < -0.4 is 10.6 Å². The minimum atomic E-state index is -0.00673. The topological polar surface area (TPSA) is 58.9 Å². The maximum atomic E-state index is 12.3. The van der Waals surface area contributed by atoms with Gasteiger partial charge in [0.1, 0.15) is 0 Å². The van der Waals surface area contributed by atoms with Gasteiger partial charge in [-0.05, 0) is 43.1 Å². The molecular weight excluding hydrogens is 335 g/mol.